The Morgan fingerprint density at radius 2 is 2.20 bits per heavy atom. The fraction of sp³-hybridized carbons (Fsp3) is 0.250. The second-order valence-electron chi connectivity index (χ2n) is 1.79. The molecule has 2 nitrogen and oxygen atoms in total. The van der Waals surface area contributed by atoms with Crippen molar-refractivity contribution in [1.82, 2.24) is 0 Å². The van der Waals surface area contributed by atoms with E-state index in [4.69, 9.17) is 0 Å². The van der Waals surface area contributed by atoms with E-state index in [-0.39, 0.29) is 5.78 Å². The summed E-state index contributed by atoms with van der Waals surface area (Å²) < 4.78 is 0. The molecule has 2 heteroatoms. The molecule has 0 fully saturated rings. The van der Waals surface area contributed by atoms with Crippen molar-refractivity contribution >= 4 is 12.1 Å². The maximum absolute atomic E-state index is 10.7. The molecular weight excluding hydrogens is 128 g/mol. The summed E-state index contributed by atoms with van der Waals surface area (Å²) in [6.45, 7) is 3.47. The summed E-state index contributed by atoms with van der Waals surface area (Å²) in [5.74, 6) is -0.0352. The van der Waals surface area contributed by atoms with E-state index < -0.39 is 0 Å². The van der Waals surface area contributed by atoms with Gasteiger partial charge in [-0.3, -0.25) is 9.59 Å². The molecule has 0 radical (unpaired) electrons. The standard InChI is InChI=1S/C8H10O2/c1-2-3-5-8(10)6-4-7-9/h2,4,6-7H,1,3,5H2. The number of allylic oxidation sites excluding steroid dienone is 3. The second kappa shape index (κ2) is 5.95. The lowest BCUT2D eigenvalue weighted by Crippen LogP contribution is -1.90. The number of hydrogen-bond acceptors (Lipinski definition) is 2. The first-order valence-corrected chi connectivity index (χ1v) is 3.07. The minimum absolute atomic E-state index is 0.0352. The average Bonchev–Trinajstić information content (AvgIpc) is 1.97. The number of hydrogen-bond donors (Lipinski definition) is 0. The van der Waals surface area contributed by atoms with Gasteiger partial charge in [0.2, 0.25) is 0 Å². The minimum atomic E-state index is -0.0352. The van der Waals surface area contributed by atoms with Gasteiger partial charge in [-0.2, -0.15) is 0 Å². The molecule has 0 saturated carbocycles. The van der Waals surface area contributed by atoms with Crippen LogP contribution in [0.5, 0.6) is 0 Å². The maximum atomic E-state index is 10.7. The highest BCUT2D eigenvalue weighted by Crippen LogP contribution is 1.91. The number of ketones is 1. The van der Waals surface area contributed by atoms with Crippen molar-refractivity contribution in [1.29, 1.82) is 0 Å². The van der Waals surface area contributed by atoms with Gasteiger partial charge in [0.05, 0.1) is 0 Å². The van der Waals surface area contributed by atoms with Crippen molar-refractivity contribution in [2.75, 3.05) is 0 Å². The molecule has 0 spiro atoms. The van der Waals surface area contributed by atoms with Gasteiger partial charge in [-0.05, 0) is 18.6 Å². The van der Waals surface area contributed by atoms with Crippen LogP contribution >= 0.6 is 0 Å². The molecule has 0 N–H and O–H groups in total. The summed E-state index contributed by atoms with van der Waals surface area (Å²) in [5, 5.41) is 0. The smallest absolute Gasteiger partial charge is 0.156 e. The molecule has 0 rings (SSSR count). The van der Waals surface area contributed by atoms with E-state index in [2.05, 4.69) is 6.58 Å². The van der Waals surface area contributed by atoms with Gasteiger partial charge in [-0.25, -0.2) is 0 Å². The van der Waals surface area contributed by atoms with Crippen LogP contribution in [0.15, 0.2) is 24.8 Å². The molecule has 10 heavy (non-hydrogen) atoms. The molecule has 0 aromatic heterocycles. The molecule has 0 unspecified atom stereocenters. The summed E-state index contributed by atoms with van der Waals surface area (Å²) >= 11 is 0. The van der Waals surface area contributed by atoms with Crippen LogP contribution in [0.4, 0.5) is 0 Å². The lowest BCUT2D eigenvalue weighted by molar-refractivity contribution is -0.114. The van der Waals surface area contributed by atoms with E-state index in [0.29, 0.717) is 19.1 Å². The molecule has 0 amide bonds. The van der Waals surface area contributed by atoms with Gasteiger partial charge in [0.15, 0.2) is 5.78 Å². The van der Waals surface area contributed by atoms with Gasteiger partial charge >= 0.3 is 0 Å². The van der Waals surface area contributed by atoms with E-state index >= 15 is 0 Å². The Balaban J connectivity index is 3.52. The third kappa shape index (κ3) is 4.97. The first-order chi connectivity index (χ1) is 4.81. The molecule has 0 heterocycles. The highest BCUT2D eigenvalue weighted by atomic mass is 16.1. The Labute approximate surface area is 60.2 Å². The predicted octanol–water partition coefficient (Wildman–Crippen LogP) is 1.28. The molecule has 0 aliphatic carbocycles. The quantitative estimate of drug-likeness (QED) is 0.326. The number of carbonyl (C=O) groups is 2. The summed E-state index contributed by atoms with van der Waals surface area (Å²) in [6, 6.07) is 0. The van der Waals surface area contributed by atoms with Crippen molar-refractivity contribution in [3.8, 4) is 0 Å². The molecule has 0 aromatic rings. The van der Waals surface area contributed by atoms with E-state index in [9.17, 15) is 9.59 Å². The normalized spacial score (nSPS) is 9.60. The van der Waals surface area contributed by atoms with Gasteiger partial charge in [-0.15, -0.1) is 6.58 Å². The highest BCUT2D eigenvalue weighted by molar-refractivity contribution is 5.92. The summed E-state index contributed by atoms with van der Waals surface area (Å²) in [5.41, 5.74) is 0. The van der Waals surface area contributed by atoms with Crippen LogP contribution in [-0.4, -0.2) is 12.1 Å². The summed E-state index contributed by atoms with van der Waals surface area (Å²) in [7, 11) is 0. The van der Waals surface area contributed by atoms with Crippen LogP contribution in [0.25, 0.3) is 0 Å². The van der Waals surface area contributed by atoms with Crippen molar-refractivity contribution < 1.29 is 9.59 Å². The van der Waals surface area contributed by atoms with E-state index in [0.717, 1.165) is 0 Å². The van der Waals surface area contributed by atoms with Gasteiger partial charge in [0, 0.05) is 6.42 Å². The Hall–Kier alpha value is -1.18. The topological polar surface area (TPSA) is 34.1 Å². The van der Waals surface area contributed by atoms with Crippen molar-refractivity contribution in [2.24, 2.45) is 0 Å². The largest absolute Gasteiger partial charge is 0.299 e. The predicted molar refractivity (Wildman–Crippen MR) is 39.6 cm³/mol. The fourth-order valence-electron chi connectivity index (χ4n) is 0.474. The molecule has 54 valence electrons. The van der Waals surface area contributed by atoms with Crippen molar-refractivity contribution in [3.05, 3.63) is 24.8 Å². The third-order valence-corrected chi connectivity index (χ3v) is 0.956. The molecule has 0 aromatic carbocycles. The van der Waals surface area contributed by atoms with E-state index in [1.807, 2.05) is 0 Å². The molecular formula is C8H10O2. The Morgan fingerprint density at radius 1 is 1.50 bits per heavy atom. The molecule has 0 saturated heterocycles. The van der Waals surface area contributed by atoms with E-state index in [1.165, 1.54) is 12.2 Å². The second-order valence-corrected chi connectivity index (χ2v) is 1.79. The summed E-state index contributed by atoms with van der Waals surface area (Å²) in [4.78, 5) is 20.4. The fourth-order valence-corrected chi connectivity index (χ4v) is 0.474. The first-order valence-electron chi connectivity index (χ1n) is 3.07. The van der Waals surface area contributed by atoms with Crippen molar-refractivity contribution in [2.45, 2.75) is 12.8 Å². The van der Waals surface area contributed by atoms with Crippen LogP contribution in [0.2, 0.25) is 0 Å². The van der Waals surface area contributed by atoms with Gasteiger partial charge in [-0.1, -0.05) is 6.08 Å². The van der Waals surface area contributed by atoms with E-state index in [1.54, 1.807) is 6.08 Å². The molecule has 0 bridgehead atoms. The average molecular weight is 138 g/mol. The van der Waals surface area contributed by atoms with Gasteiger partial charge < -0.3 is 0 Å². The Morgan fingerprint density at radius 3 is 2.70 bits per heavy atom. The zero-order valence-corrected chi connectivity index (χ0v) is 5.75. The lowest BCUT2D eigenvalue weighted by Gasteiger charge is -1.86. The zero-order chi connectivity index (χ0) is 7.82. The molecule has 0 atom stereocenters. The number of carbonyl (C=O) groups excluding carboxylic acids is 2. The SMILES string of the molecule is C=CCCC(=O)C=CC=O. The summed E-state index contributed by atoms with van der Waals surface area (Å²) in [6.07, 6.45) is 5.84. The Kier molecular flexibility index (Phi) is 5.25. The highest BCUT2D eigenvalue weighted by Gasteiger charge is 1.91. The monoisotopic (exact) mass is 138 g/mol. The van der Waals surface area contributed by atoms with Crippen LogP contribution in [0.1, 0.15) is 12.8 Å². The van der Waals surface area contributed by atoms with Gasteiger partial charge in [0.1, 0.15) is 6.29 Å². The molecule has 0 aliphatic rings. The molecule has 0 aliphatic heterocycles. The minimum Gasteiger partial charge on any atom is -0.299 e. The van der Waals surface area contributed by atoms with Crippen LogP contribution in [-0.2, 0) is 9.59 Å². The maximum Gasteiger partial charge on any atom is 0.156 e. The van der Waals surface area contributed by atoms with Crippen molar-refractivity contribution in [3.63, 3.8) is 0 Å². The van der Waals surface area contributed by atoms with Crippen LogP contribution in [0, 0.1) is 0 Å². The number of rotatable bonds is 5. The zero-order valence-electron chi connectivity index (χ0n) is 5.75. The van der Waals surface area contributed by atoms with Gasteiger partial charge in [0.25, 0.3) is 0 Å². The lowest BCUT2D eigenvalue weighted by atomic mass is 10.2. The Bertz CT molecular complexity index is 157. The number of aldehydes is 1. The van der Waals surface area contributed by atoms with Crippen LogP contribution in [0.3, 0.4) is 0 Å². The first kappa shape index (κ1) is 8.82. The van der Waals surface area contributed by atoms with Crippen LogP contribution < -0.4 is 0 Å². The third-order valence-electron chi connectivity index (χ3n) is 0.956.